The highest BCUT2D eigenvalue weighted by atomic mass is 16.5. The molecule has 0 fully saturated rings. The molecular formula is C22H19NO3. The van der Waals surface area contributed by atoms with Crippen molar-refractivity contribution in [2.24, 2.45) is 0 Å². The first-order valence-electron chi connectivity index (χ1n) is 8.24. The van der Waals surface area contributed by atoms with E-state index < -0.39 is 0 Å². The molecule has 0 saturated heterocycles. The number of carbonyl (C=O) groups excluding carboxylic acids is 1. The lowest BCUT2D eigenvalue weighted by atomic mass is 10.2. The number of carbonyl (C=O) groups is 1. The Morgan fingerprint density at radius 3 is 2.54 bits per heavy atom. The van der Waals surface area contributed by atoms with Gasteiger partial charge in [-0.3, -0.25) is 4.79 Å². The van der Waals surface area contributed by atoms with Crippen molar-refractivity contribution in [1.29, 1.82) is 0 Å². The number of benzene rings is 3. The highest BCUT2D eigenvalue weighted by Crippen LogP contribution is 2.21. The summed E-state index contributed by atoms with van der Waals surface area (Å²) >= 11 is 0. The van der Waals surface area contributed by atoms with Crippen molar-refractivity contribution >= 4 is 17.7 Å². The zero-order valence-corrected chi connectivity index (χ0v) is 14.1. The number of rotatable bonds is 6. The molecule has 2 N–H and O–H groups in total. The summed E-state index contributed by atoms with van der Waals surface area (Å²) < 4.78 is 5.78. The van der Waals surface area contributed by atoms with Gasteiger partial charge in [0.15, 0.2) is 0 Å². The first kappa shape index (κ1) is 17.3. The van der Waals surface area contributed by atoms with Crippen molar-refractivity contribution in [2.75, 3.05) is 5.32 Å². The monoisotopic (exact) mass is 345 g/mol. The van der Waals surface area contributed by atoms with Crippen molar-refractivity contribution in [3.63, 3.8) is 0 Å². The van der Waals surface area contributed by atoms with Crippen molar-refractivity contribution in [1.82, 2.24) is 0 Å². The average Bonchev–Trinajstić information content (AvgIpc) is 2.68. The molecule has 0 unspecified atom stereocenters. The van der Waals surface area contributed by atoms with E-state index in [9.17, 15) is 9.90 Å². The van der Waals surface area contributed by atoms with Crippen LogP contribution in [0.15, 0.2) is 84.9 Å². The SMILES string of the molecule is O=C(/C=C/c1cccc(OCc2ccccc2)c1)Nc1ccccc1O. The number of ether oxygens (including phenoxy) is 1. The number of anilines is 1. The number of hydrogen-bond donors (Lipinski definition) is 2. The lowest BCUT2D eigenvalue weighted by molar-refractivity contribution is -0.111. The maximum absolute atomic E-state index is 12.0. The summed E-state index contributed by atoms with van der Waals surface area (Å²) in [5.74, 6) is 0.449. The lowest BCUT2D eigenvalue weighted by Crippen LogP contribution is -2.07. The Hall–Kier alpha value is -3.53. The fourth-order valence-electron chi connectivity index (χ4n) is 2.37. The maximum atomic E-state index is 12.0. The summed E-state index contributed by atoms with van der Waals surface area (Å²) in [6.45, 7) is 0.488. The third-order valence-corrected chi connectivity index (χ3v) is 3.70. The molecule has 0 heterocycles. The molecule has 0 radical (unpaired) electrons. The van der Waals surface area contributed by atoms with Crippen LogP contribution >= 0.6 is 0 Å². The van der Waals surface area contributed by atoms with E-state index in [0.29, 0.717) is 12.3 Å². The highest BCUT2D eigenvalue weighted by Gasteiger charge is 2.02. The number of nitrogens with one attached hydrogen (secondary N) is 1. The molecule has 3 aromatic rings. The van der Waals surface area contributed by atoms with E-state index in [-0.39, 0.29) is 11.7 Å². The third-order valence-electron chi connectivity index (χ3n) is 3.70. The summed E-state index contributed by atoms with van der Waals surface area (Å²) in [7, 11) is 0. The first-order chi connectivity index (χ1) is 12.7. The van der Waals surface area contributed by atoms with E-state index in [1.807, 2.05) is 54.6 Å². The quantitative estimate of drug-likeness (QED) is 0.506. The molecule has 1 amide bonds. The molecule has 4 heteroatoms. The Kier molecular flexibility index (Phi) is 5.68. The van der Waals surface area contributed by atoms with Crippen LogP contribution in [-0.2, 0) is 11.4 Å². The lowest BCUT2D eigenvalue weighted by Gasteiger charge is -2.07. The molecule has 0 saturated carbocycles. The molecule has 0 aliphatic rings. The van der Waals surface area contributed by atoms with Gasteiger partial charge < -0.3 is 15.2 Å². The zero-order valence-electron chi connectivity index (χ0n) is 14.1. The predicted molar refractivity (Wildman–Crippen MR) is 103 cm³/mol. The molecule has 0 aliphatic carbocycles. The van der Waals surface area contributed by atoms with Gasteiger partial charge in [-0.15, -0.1) is 0 Å². The summed E-state index contributed by atoms with van der Waals surface area (Å²) in [4.78, 5) is 12.0. The van der Waals surface area contributed by atoms with Crippen LogP contribution in [0.1, 0.15) is 11.1 Å². The molecule has 130 valence electrons. The smallest absolute Gasteiger partial charge is 0.248 e. The third kappa shape index (κ3) is 4.98. The number of phenols is 1. The summed E-state index contributed by atoms with van der Waals surface area (Å²) in [6.07, 6.45) is 3.12. The van der Waals surface area contributed by atoms with Gasteiger partial charge in [-0.1, -0.05) is 54.6 Å². The second-order valence-corrected chi connectivity index (χ2v) is 5.69. The van der Waals surface area contributed by atoms with E-state index in [4.69, 9.17) is 4.74 Å². The summed E-state index contributed by atoms with van der Waals surface area (Å²) in [5.41, 5.74) is 2.32. The second-order valence-electron chi connectivity index (χ2n) is 5.69. The van der Waals surface area contributed by atoms with Gasteiger partial charge in [-0.25, -0.2) is 0 Å². The van der Waals surface area contributed by atoms with Crippen LogP contribution < -0.4 is 10.1 Å². The van der Waals surface area contributed by atoms with Crippen molar-refractivity contribution < 1.29 is 14.6 Å². The molecule has 3 aromatic carbocycles. The number of hydrogen-bond acceptors (Lipinski definition) is 3. The zero-order chi connectivity index (χ0) is 18.2. The molecule has 0 aromatic heterocycles. The van der Waals surface area contributed by atoms with Crippen molar-refractivity contribution in [3.8, 4) is 11.5 Å². The van der Waals surface area contributed by atoms with E-state index in [2.05, 4.69) is 5.32 Å². The number of para-hydroxylation sites is 2. The molecule has 0 aliphatic heterocycles. The molecular weight excluding hydrogens is 326 g/mol. The Morgan fingerprint density at radius 1 is 0.962 bits per heavy atom. The minimum Gasteiger partial charge on any atom is -0.506 e. The molecule has 0 spiro atoms. The van der Waals surface area contributed by atoms with E-state index in [0.717, 1.165) is 16.9 Å². The topological polar surface area (TPSA) is 58.6 Å². The van der Waals surface area contributed by atoms with Crippen molar-refractivity contribution in [3.05, 3.63) is 96.1 Å². The van der Waals surface area contributed by atoms with E-state index in [1.165, 1.54) is 12.1 Å². The van der Waals surface area contributed by atoms with Crippen LogP contribution in [0.25, 0.3) is 6.08 Å². The number of phenolic OH excluding ortho intramolecular Hbond substituents is 1. The van der Waals surface area contributed by atoms with Gasteiger partial charge in [0.05, 0.1) is 5.69 Å². The molecule has 26 heavy (non-hydrogen) atoms. The minimum absolute atomic E-state index is 0.0329. The Bertz CT molecular complexity index is 904. The maximum Gasteiger partial charge on any atom is 0.248 e. The number of amides is 1. The van der Waals surface area contributed by atoms with Crippen LogP contribution in [0.2, 0.25) is 0 Å². The van der Waals surface area contributed by atoms with Gasteiger partial charge in [0.2, 0.25) is 5.91 Å². The second kappa shape index (κ2) is 8.53. The average molecular weight is 345 g/mol. The Balaban J connectivity index is 1.60. The van der Waals surface area contributed by atoms with Gasteiger partial charge in [0, 0.05) is 6.08 Å². The van der Waals surface area contributed by atoms with Crippen LogP contribution in [0.4, 0.5) is 5.69 Å². The highest BCUT2D eigenvalue weighted by molar-refractivity contribution is 6.02. The largest absolute Gasteiger partial charge is 0.506 e. The molecule has 0 atom stereocenters. The Labute approximate surface area is 152 Å². The summed E-state index contributed by atoms with van der Waals surface area (Å²) in [6, 6.07) is 24.0. The normalized spacial score (nSPS) is 10.6. The first-order valence-corrected chi connectivity index (χ1v) is 8.24. The number of aromatic hydroxyl groups is 1. The van der Waals surface area contributed by atoms with Gasteiger partial charge in [0.25, 0.3) is 0 Å². The fourth-order valence-corrected chi connectivity index (χ4v) is 2.37. The van der Waals surface area contributed by atoms with Gasteiger partial charge >= 0.3 is 0 Å². The summed E-state index contributed by atoms with van der Waals surface area (Å²) in [5, 5.41) is 12.3. The van der Waals surface area contributed by atoms with Gasteiger partial charge in [-0.05, 0) is 41.5 Å². The van der Waals surface area contributed by atoms with E-state index in [1.54, 1.807) is 24.3 Å². The molecule has 0 bridgehead atoms. The Morgan fingerprint density at radius 2 is 1.73 bits per heavy atom. The van der Waals surface area contributed by atoms with Gasteiger partial charge in [-0.2, -0.15) is 0 Å². The van der Waals surface area contributed by atoms with Crippen molar-refractivity contribution in [2.45, 2.75) is 6.61 Å². The predicted octanol–water partition coefficient (Wildman–Crippen LogP) is 4.62. The molecule has 4 nitrogen and oxygen atoms in total. The molecule has 3 rings (SSSR count). The van der Waals surface area contributed by atoms with Crippen LogP contribution in [0, 0.1) is 0 Å². The fraction of sp³-hybridized carbons (Fsp3) is 0.0455. The van der Waals surface area contributed by atoms with E-state index >= 15 is 0 Å². The standard InChI is InChI=1S/C22H19NO3/c24-21-12-5-4-11-20(21)23-22(25)14-13-17-9-6-10-19(15-17)26-16-18-7-2-1-3-8-18/h1-15,24H,16H2,(H,23,25)/b14-13+. The minimum atomic E-state index is -0.317. The van der Waals surface area contributed by atoms with Crippen LogP contribution in [0.5, 0.6) is 11.5 Å². The van der Waals surface area contributed by atoms with Crippen LogP contribution in [0.3, 0.4) is 0 Å². The van der Waals surface area contributed by atoms with Gasteiger partial charge in [0.1, 0.15) is 18.1 Å². The van der Waals surface area contributed by atoms with Crippen LogP contribution in [-0.4, -0.2) is 11.0 Å².